The minimum atomic E-state index is 0.542. The van der Waals surface area contributed by atoms with Gasteiger partial charge in [0.2, 0.25) is 0 Å². The Morgan fingerprint density at radius 1 is 1.73 bits per heavy atom. The normalized spacial score (nSPS) is 10.5. The molecule has 1 heterocycles. The molecule has 0 aliphatic carbocycles. The summed E-state index contributed by atoms with van der Waals surface area (Å²) >= 11 is 0. The van der Waals surface area contributed by atoms with Gasteiger partial charge in [-0.3, -0.25) is 4.68 Å². The van der Waals surface area contributed by atoms with Crippen LogP contribution in [0.2, 0.25) is 0 Å². The number of aryl methyl sites for hydroxylation is 2. The standard InChI is InChI=1S/C7H13N3O/c1-6-5-9-10(2)7(6)3-4-11-8/h5H,3-4,8H2,1-2H3. The van der Waals surface area contributed by atoms with Crippen LogP contribution in [-0.4, -0.2) is 16.4 Å². The molecule has 0 radical (unpaired) electrons. The molecule has 0 aromatic carbocycles. The summed E-state index contributed by atoms with van der Waals surface area (Å²) in [6.07, 6.45) is 2.66. The van der Waals surface area contributed by atoms with Crippen molar-refractivity contribution >= 4 is 0 Å². The molecule has 0 saturated carbocycles. The highest BCUT2D eigenvalue weighted by Crippen LogP contribution is 2.05. The molecule has 1 aromatic rings. The van der Waals surface area contributed by atoms with Crippen LogP contribution in [-0.2, 0) is 18.3 Å². The van der Waals surface area contributed by atoms with Crippen molar-refractivity contribution in [2.75, 3.05) is 6.61 Å². The fourth-order valence-electron chi connectivity index (χ4n) is 1.09. The highest BCUT2D eigenvalue weighted by molar-refractivity contribution is 5.15. The second-order valence-electron chi connectivity index (χ2n) is 2.52. The average Bonchev–Trinajstić information content (AvgIpc) is 2.29. The summed E-state index contributed by atoms with van der Waals surface area (Å²) in [4.78, 5) is 4.48. The Morgan fingerprint density at radius 2 is 2.45 bits per heavy atom. The third-order valence-electron chi connectivity index (χ3n) is 1.73. The Kier molecular flexibility index (Phi) is 2.62. The van der Waals surface area contributed by atoms with Crippen LogP contribution in [0.3, 0.4) is 0 Å². The van der Waals surface area contributed by atoms with Gasteiger partial charge in [0.05, 0.1) is 12.8 Å². The number of hydrogen-bond donors (Lipinski definition) is 1. The molecule has 0 spiro atoms. The molecule has 4 nitrogen and oxygen atoms in total. The Labute approximate surface area is 65.9 Å². The molecule has 11 heavy (non-hydrogen) atoms. The van der Waals surface area contributed by atoms with E-state index in [0.717, 1.165) is 6.42 Å². The van der Waals surface area contributed by atoms with E-state index in [9.17, 15) is 0 Å². The van der Waals surface area contributed by atoms with Gasteiger partial charge in [0.15, 0.2) is 0 Å². The van der Waals surface area contributed by atoms with Crippen molar-refractivity contribution in [1.29, 1.82) is 0 Å². The van der Waals surface area contributed by atoms with Crippen molar-refractivity contribution in [2.45, 2.75) is 13.3 Å². The minimum absolute atomic E-state index is 0.542. The maximum absolute atomic E-state index is 4.92. The minimum Gasteiger partial charge on any atom is -0.304 e. The van der Waals surface area contributed by atoms with Crippen molar-refractivity contribution in [2.24, 2.45) is 12.9 Å². The first-order valence-electron chi connectivity index (χ1n) is 3.55. The first-order valence-corrected chi connectivity index (χ1v) is 3.55. The lowest BCUT2D eigenvalue weighted by Gasteiger charge is -2.01. The van der Waals surface area contributed by atoms with Crippen LogP contribution in [0.15, 0.2) is 6.20 Å². The summed E-state index contributed by atoms with van der Waals surface area (Å²) in [6, 6.07) is 0. The quantitative estimate of drug-likeness (QED) is 0.633. The molecular formula is C7H13N3O. The number of aromatic nitrogens is 2. The predicted molar refractivity (Wildman–Crippen MR) is 41.8 cm³/mol. The molecule has 0 saturated heterocycles. The lowest BCUT2D eigenvalue weighted by Crippen LogP contribution is -2.08. The lowest BCUT2D eigenvalue weighted by molar-refractivity contribution is 0.140. The SMILES string of the molecule is Cc1cnn(C)c1CCON. The Hall–Kier alpha value is -0.870. The van der Waals surface area contributed by atoms with Crippen LogP contribution in [0.1, 0.15) is 11.3 Å². The second kappa shape index (κ2) is 3.50. The molecule has 0 amide bonds. The van der Waals surface area contributed by atoms with E-state index in [1.165, 1.54) is 11.3 Å². The van der Waals surface area contributed by atoms with E-state index in [4.69, 9.17) is 5.90 Å². The third kappa shape index (κ3) is 1.78. The van der Waals surface area contributed by atoms with E-state index < -0.39 is 0 Å². The number of rotatable bonds is 3. The van der Waals surface area contributed by atoms with Gasteiger partial charge in [0.1, 0.15) is 0 Å². The van der Waals surface area contributed by atoms with Gasteiger partial charge in [-0.2, -0.15) is 5.10 Å². The zero-order valence-electron chi connectivity index (χ0n) is 6.87. The van der Waals surface area contributed by atoms with Crippen molar-refractivity contribution in [3.05, 3.63) is 17.5 Å². The summed E-state index contributed by atoms with van der Waals surface area (Å²) in [6.45, 7) is 2.57. The van der Waals surface area contributed by atoms with E-state index in [1.54, 1.807) is 0 Å². The van der Waals surface area contributed by atoms with Crippen molar-refractivity contribution < 1.29 is 4.84 Å². The van der Waals surface area contributed by atoms with Crippen LogP contribution in [0, 0.1) is 6.92 Å². The van der Waals surface area contributed by atoms with Gasteiger partial charge in [0.25, 0.3) is 0 Å². The largest absolute Gasteiger partial charge is 0.304 e. The number of hydrogen-bond acceptors (Lipinski definition) is 3. The van der Waals surface area contributed by atoms with E-state index >= 15 is 0 Å². The fraction of sp³-hybridized carbons (Fsp3) is 0.571. The predicted octanol–water partition coefficient (Wildman–Crippen LogP) is 0.161. The van der Waals surface area contributed by atoms with Gasteiger partial charge >= 0.3 is 0 Å². The molecule has 4 heteroatoms. The van der Waals surface area contributed by atoms with Crippen molar-refractivity contribution in [3.8, 4) is 0 Å². The summed E-state index contributed by atoms with van der Waals surface area (Å²) in [7, 11) is 1.92. The third-order valence-corrected chi connectivity index (χ3v) is 1.73. The van der Waals surface area contributed by atoms with Crippen LogP contribution < -0.4 is 5.90 Å². The Bertz CT molecular complexity index is 212. The smallest absolute Gasteiger partial charge is 0.0734 e. The maximum Gasteiger partial charge on any atom is 0.0734 e. The van der Waals surface area contributed by atoms with E-state index in [-0.39, 0.29) is 0 Å². The molecular weight excluding hydrogens is 142 g/mol. The molecule has 2 N–H and O–H groups in total. The molecule has 0 aliphatic heterocycles. The van der Waals surface area contributed by atoms with Crippen LogP contribution in [0.5, 0.6) is 0 Å². The summed E-state index contributed by atoms with van der Waals surface area (Å²) in [5, 5.41) is 4.09. The molecule has 0 aliphatic rings. The first-order chi connectivity index (χ1) is 5.25. The lowest BCUT2D eigenvalue weighted by atomic mass is 10.2. The van der Waals surface area contributed by atoms with Gasteiger partial charge in [-0.15, -0.1) is 0 Å². The molecule has 62 valence electrons. The number of nitrogens with zero attached hydrogens (tertiary/aromatic N) is 2. The molecule has 1 rings (SSSR count). The molecule has 0 atom stereocenters. The second-order valence-corrected chi connectivity index (χ2v) is 2.52. The summed E-state index contributed by atoms with van der Waals surface area (Å²) < 4.78 is 1.84. The molecule has 1 aromatic heterocycles. The van der Waals surface area contributed by atoms with E-state index in [2.05, 4.69) is 9.94 Å². The van der Waals surface area contributed by atoms with Gasteiger partial charge in [-0.05, 0) is 12.5 Å². The van der Waals surface area contributed by atoms with Crippen molar-refractivity contribution in [1.82, 2.24) is 9.78 Å². The summed E-state index contributed by atoms with van der Waals surface area (Å²) in [5.74, 6) is 4.92. The van der Waals surface area contributed by atoms with Crippen LogP contribution in [0.25, 0.3) is 0 Å². The van der Waals surface area contributed by atoms with Gasteiger partial charge < -0.3 is 4.84 Å². The highest BCUT2D eigenvalue weighted by Gasteiger charge is 2.02. The monoisotopic (exact) mass is 155 g/mol. The van der Waals surface area contributed by atoms with Gasteiger partial charge in [0, 0.05) is 19.2 Å². The zero-order valence-corrected chi connectivity index (χ0v) is 6.87. The zero-order chi connectivity index (χ0) is 8.27. The molecule has 0 unspecified atom stereocenters. The van der Waals surface area contributed by atoms with Gasteiger partial charge in [-0.25, -0.2) is 5.90 Å². The summed E-state index contributed by atoms with van der Waals surface area (Å²) in [5.41, 5.74) is 2.36. The van der Waals surface area contributed by atoms with Gasteiger partial charge in [-0.1, -0.05) is 0 Å². The van der Waals surface area contributed by atoms with Crippen LogP contribution in [0.4, 0.5) is 0 Å². The average molecular weight is 155 g/mol. The topological polar surface area (TPSA) is 53.1 Å². The molecule has 0 bridgehead atoms. The Balaban J connectivity index is 2.67. The van der Waals surface area contributed by atoms with E-state index in [1.807, 2.05) is 24.9 Å². The molecule has 0 fully saturated rings. The van der Waals surface area contributed by atoms with Crippen molar-refractivity contribution in [3.63, 3.8) is 0 Å². The first kappa shape index (κ1) is 8.23. The highest BCUT2D eigenvalue weighted by atomic mass is 16.6. The Morgan fingerprint density at radius 3 is 2.91 bits per heavy atom. The maximum atomic E-state index is 4.92. The fourth-order valence-corrected chi connectivity index (χ4v) is 1.09. The van der Waals surface area contributed by atoms with Crippen LogP contribution >= 0.6 is 0 Å². The van der Waals surface area contributed by atoms with E-state index in [0.29, 0.717) is 6.61 Å². The number of nitrogens with two attached hydrogens (primary N) is 1.